The molecule has 0 aliphatic rings. The summed E-state index contributed by atoms with van der Waals surface area (Å²) in [6.45, 7) is 10.8. The predicted octanol–water partition coefficient (Wildman–Crippen LogP) is 9.75. The molecule has 31 heavy (non-hydrogen) atoms. The first-order valence-corrected chi connectivity index (χ1v) is 13.2. The Morgan fingerprint density at radius 3 is 2.16 bits per heavy atom. The number of hydrogen-bond donors (Lipinski definition) is 0. The van der Waals surface area contributed by atoms with Gasteiger partial charge in [0.05, 0.1) is 15.2 Å². The molecule has 0 saturated heterocycles. The molecular formula is C27H36FNS2. The SMILES string of the molecule is CCCCCC.CCCc1c(CC)sc2ccc(F)cc12.Cc1nc2ccccc2s1. The molecule has 2 aromatic heterocycles. The summed E-state index contributed by atoms with van der Waals surface area (Å²) in [7, 11) is 0. The number of aryl methyl sites for hydroxylation is 3. The molecule has 0 saturated carbocycles. The summed E-state index contributed by atoms with van der Waals surface area (Å²) in [4.78, 5) is 5.75. The molecule has 1 nitrogen and oxygen atoms in total. The van der Waals surface area contributed by atoms with E-state index in [-0.39, 0.29) is 5.82 Å². The lowest BCUT2D eigenvalue weighted by atomic mass is 10.1. The summed E-state index contributed by atoms with van der Waals surface area (Å²) in [6, 6.07) is 13.3. The Kier molecular flexibility index (Phi) is 11.2. The first-order chi connectivity index (χ1) is 15.0. The van der Waals surface area contributed by atoms with Gasteiger partial charge in [-0.2, -0.15) is 0 Å². The number of para-hydroxylation sites is 1. The number of benzene rings is 2. The van der Waals surface area contributed by atoms with Gasteiger partial charge in [-0.25, -0.2) is 9.37 Å². The van der Waals surface area contributed by atoms with E-state index in [0.29, 0.717) is 0 Å². The van der Waals surface area contributed by atoms with Gasteiger partial charge < -0.3 is 0 Å². The third-order valence-electron chi connectivity index (χ3n) is 5.02. The molecule has 0 N–H and O–H groups in total. The lowest BCUT2D eigenvalue weighted by Gasteiger charge is -2.00. The largest absolute Gasteiger partial charge is 0.242 e. The lowest BCUT2D eigenvalue weighted by molar-refractivity contribution is 0.629. The van der Waals surface area contributed by atoms with E-state index in [1.54, 1.807) is 34.8 Å². The van der Waals surface area contributed by atoms with Crippen LogP contribution < -0.4 is 0 Å². The fraction of sp³-hybridized carbons (Fsp3) is 0.444. The van der Waals surface area contributed by atoms with Crippen molar-refractivity contribution >= 4 is 43.0 Å². The summed E-state index contributed by atoms with van der Waals surface area (Å²) in [5.41, 5.74) is 2.48. The molecule has 4 heteroatoms. The molecule has 0 spiro atoms. The minimum atomic E-state index is -0.125. The molecule has 2 heterocycles. The van der Waals surface area contributed by atoms with Crippen LogP contribution in [-0.2, 0) is 12.8 Å². The molecule has 0 atom stereocenters. The van der Waals surface area contributed by atoms with Crippen LogP contribution >= 0.6 is 22.7 Å². The molecule has 0 aliphatic heterocycles. The van der Waals surface area contributed by atoms with E-state index < -0.39 is 0 Å². The van der Waals surface area contributed by atoms with Crippen LogP contribution in [0.3, 0.4) is 0 Å². The number of aromatic nitrogens is 1. The first-order valence-electron chi connectivity index (χ1n) is 11.6. The van der Waals surface area contributed by atoms with Gasteiger partial charge in [0, 0.05) is 9.58 Å². The van der Waals surface area contributed by atoms with Gasteiger partial charge >= 0.3 is 0 Å². The third-order valence-corrected chi connectivity index (χ3v) is 7.32. The van der Waals surface area contributed by atoms with E-state index in [0.717, 1.165) is 35.2 Å². The number of rotatable bonds is 6. The second-order valence-corrected chi connectivity index (χ2v) is 10.0. The van der Waals surface area contributed by atoms with Crippen LogP contribution in [0.15, 0.2) is 42.5 Å². The number of fused-ring (bicyclic) bond motifs is 2. The zero-order valence-corrected chi connectivity index (χ0v) is 21.3. The van der Waals surface area contributed by atoms with Gasteiger partial charge in [0.15, 0.2) is 0 Å². The minimum Gasteiger partial charge on any atom is -0.242 e. The molecule has 168 valence electrons. The van der Waals surface area contributed by atoms with Crippen molar-refractivity contribution in [3.05, 3.63) is 63.7 Å². The van der Waals surface area contributed by atoms with Crippen LogP contribution in [0.4, 0.5) is 4.39 Å². The third kappa shape index (κ3) is 7.69. The topological polar surface area (TPSA) is 12.9 Å². The van der Waals surface area contributed by atoms with Crippen LogP contribution in [0.2, 0.25) is 0 Å². The van der Waals surface area contributed by atoms with Crippen molar-refractivity contribution in [3.63, 3.8) is 0 Å². The maximum Gasteiger partial charge on any atom is 0.123 e. The van der Waals surface area contributed by atoms with Crippen molar-refractivity contribution in [2.75, 3.05) is 0 Å². The van der Waals surface area contributed by atoms with Gasteiger partial charge in [0.1, 0.15) is 5.82 Å². The standard InChI is InChI=1S/C13H15FS.C8H7NS.C6H14/c1-3-5-10-11-8-9(14)6-7-13(11)15-12(10)4-2;1-6-9-7-4-2-3-5-8(7)10-6;1-3-5-6-4-2/h6-8H,3-5H2,1-2H3;2-5H,1H3;3-6H2,1-2H3. The van der Waals surface area contributed by atoms with E-state index in [9.17, 15) is 4.39 Å². The highest BCUT2D eigenvalue weighted by Crippen LogP contribution is 2.33. The van der Waals surface area contributed by atoms with E-state index in [4.69, 9.17) is 0 Å². The average molecular weight is 458 g/mol. The normalized spacial score (nSPS) is 10.5. The zero-order valence-electron chi connectivity index (χ0n) is 19.6. The molecule has 0 fully saturated rings. The van der Waals surface area contributed by atoms with E-state index in [1.165, 1.54) is 45.5 Å². The van der Waals surface area contributed by atoms with Gasteiger partial charge in [-0.1, -0.05) is 71.9 Å². The van der Waals surface area contributed by atoms with Crippen molar-refractivity contribution in [2.45, 2.75) is 79.6 Å². The second-order valence-electron chi connectivity index (χ2n) is 7.66. The highest BCUT2D eigenvalue weighted by Gasteiger charge is 2.10. The van der Waals surface area contributed by atoms with E-state index in [2.05, 4.69) is 38.7 Å². The van der Waals surface area contributed by atoms with Gasteiger partial charge in [-0.3, -0.25) is 0 Å². The van der Waals surface area contributed by atoms with Crippen molar-refractivity contribution in [3.8, 4) is 0 Å². The molecule has 4 aromatic rings. The first kappa shape index (κ1) is 25.5. The van der Waals surface area contributed by atoms with Crippen LogP contribution in [0.25, 0.3) is 20.3 Å². The Morgan fingerprint density at radius 2 is 1.55 bits per heavy atom. The summed E-state index contributed by atoms with van der Waals surface area (Å²) >= 11 is 3.55. The monoisotopic (exact) mass is 457 g/mol. The molecule has 0 bridgehead atoms. The van der Waals surface area contributed by atoms with Crippen molar-refractivity contribution in [2.24, 2.45) is 0 Å². The molecule has 0 amide bonds. The zero-order chi connectivity index (χ0) is 22.6. The van der Waals surface area contributed by atoms with E-state index >= 15 is 0 Å². The van der Waals surface area contributed by atoms with Crippen LogP contribution in [0.1, 0.15) is 75.2 Å². The number of hydrogen-bond acceptors (Lipinski definition) is 3. The second kappa shape index (κ2) is 13.6. The fourth-order valence-electron chi connectivity index (χ4n) is 3.47. The minimum absolute atomic E-state index is 0.125. The molecule has 0 aliphatic carbocycles. The van der Waals surface area contributed by atoms with Crippen LogP contribution in [0, 0.1) is 12.7 Å². The Morgan fingerprint density at radius 1 is 0.839 bits per heavy atom. The van der Waals surface area contributed by atoms with Crippen LogP contribution in [0.5, 0.6) is 0 Å². The average Bonchev–Trinajstić information content (AvgIpc) is 3.32. The number of unbranched alkanes of at least 4 members (excludes halogenated alkanes) is 3. The highest BCUT2D eigenvalue weighted by atomic mass is 32.1. The predicted molar refractivity (Wildman–Crippen MR) is 139 cm³/mol. The quantitative estimate of drug-likeness (QED) is 0.263. The van der Waals surface area contributed by atoms with Gasteiger partial charge in [-0.15, -0.1) is 22.7 Å². The van der Waals surface area contributed by atoms with E-state index in [1.807, 2.05) is 31.2 Å². The van der Waals surface area contributed by atoms with Crippen LogP contribution in [-0.4, -0.2) is 4.98 Å². The fourth-order valence-corrected chi connectivity index (χ4v) is 5.47. The Labute approximate surface area is 195 Å². The summed E-state index contributed by atoms with van der Waals surface area (Å²) in [5.74, 6) is -0.125. The molecule has 4 rings (SSSR count). The molecule has 2 aromatic carbocycles. The number of halogens is 1. The summed E-state index contributed by atoms with van der Waals surface area (Å²) in [6.07, 6.45) is 8.77. The number of thiazole rings is 1. The molecule has 0 unspecified atom stereocenters. The van der Waals surface area contributed by atoms with Crippen molar-refractivity contribution < 1.29 is 4.39 Å². The van der Waals surface area contributed by atoms with Crippen molar-refractivity contribution in [1.82, 2.24) is 4.98 Å². The lowest BCUT2D eigenvalue weighted by Crippen LogP contribution is -1.86. The number of nitrogens with zero attached hydrogens (tertiary/aromatic N) is 1. The molecular weight excluding hydrogens is 421 g/mol. The Hall–Kier alpha value is -1.78. The maximum atomic E-state index is 13.2. The van der Waals surface area contributed by atoms with Gasteiger partial charge in [-0.05, 0) is 61.0 Å². The number of thiophene rings is 1. The van der Waals surface area contributed by atoms with Gasteiger partial charge in [0.2, 0.25) is 0 Å². The molecule has 0 radical (unpaired) electrons. The highest BCUT2D eigenvalue weighted by molar-refractivity contribution is 7.19. The Balaban J connectivity index is 0.000000184. The Bertz CT molecular complexity index is 1010. The van der Waals surface area contributed by atoms with Crippen molar-refractivity contribution in [1.29, 1.82) is 0 Å². The summed E-state index contributed by atoms with van der Waals surface area (Å²) in [5, 5.41) is 2.26. The maximum absolute atomic E-state index is 13.2. The summed E-state index contributed by atoms with van der Waals surface area (Å²) < 4.78 is 15.7. The smallest absolute Gasteiger partial charge is 0.123 e. The van der Waals surface area contributed by atoms with Gasteiger partial charge in [0.25, 0.3) is 0 Å².